The molecule has 1 atom stereocenters. The number of hydrogen-bond acceptors (Lipinski definition) is 4. The highest BCUT2D eigenvalue weighted by Crippen LogP contribution is 2.13. The van der Waals surface area contributed by atoms with Crippen molar-refractivity contribution in [1.29, 1.82) is 0 Å². The second kappa shape index (κ2) is 7.20. The van der Waals surface area contributed by atoms with Crippen LogP contribution in [0.4, 0.5) is 4.79 Å². The second-order valence-corrected chi connectivity index (χ2v) is 4.62. The number of ether oxygens (including phenoxy) is 2. The van der Waals surface area contributed by atoms with Gasteiger partial charge in [0.1, 0.15) is 5.60 Å². The monoisotopic (exact) mass is 261 g/mol. The summed E-state index contributed by atoms with van der Waals surface area (Å²) in [6, 6.07) is 0. The summed E-state index contributed by atoms with van der Waals surface area (Å²) < 4.78 is 10.1. The summed E-state index contributed by atoms with van der Waals surface area (Å²) in [5, 5.41) is 8.77. The highest BCUT2D eigenvalue weighted by atomic mass is 16.6. The van der Waals surface area contributed by atoms with Gasteiger partial charge in [-0.15, -0.1) is 0 Å². The van der Waals surface area contributed by atoms with Gasteiger partial charge in [0, 0.05) is 6.54 Å². The molecule has 18 heavy (non-hydrogen) atoms. The molecule has 1 aliphatic heterocycles. The first-order chi connectivity index (χ1) is 8.29. The molecule has 1 aliphatic rings. The SMILES string of the molecule is CC.CC(C)(C)OC(=O)N1CCOC(C(=O)O)C1. The van der Waals surface area contributed by atoms with Crippen molar-refractivity contribution >= 4 is 12.1 Å². The zero-order valence-corrected chi connectivity index (χ0v) is 11.7. The van der Waals surface area contributed by atoms with Gasteiger partial charge < -0.3 is 19.5 Å². The Morgan fingerprint density at radius 1 is 1.33 bits per heavy atom. The molecule has 6 nitrogen and oxygen atoms in total. The van der Waals surface area contributed by atoms with Crippen molar-refractivity contribution in [3.63, 3.8) is 0 Å². The Bertz CT molecular complexity index is 285. The summed E-state index contributed by atoms with van der Waals surface area (Å²) in [6.07, 6.45) is -1.46. The molecule has 1 N–H and O–H groups in total. The van der Waals surface area contributed by atoms with E-state index in [1.807, 2.05) is 13.8 Å². The molecule has 0 aromatic heterocycles. The van der Waals surface area contributed by atoms with Crippen LogP contribution in [-0.4, -0.2) is 53.5 Å². The summed E-state index contributed by atoms with van der Waals surface area (Å²) in [7, 11) is 0. The van der Waals surface area contributed by atoms with Crippen LogP contribution in [0.1, 0.15) is 34.6 Å². The molecule has 0 spiro atoms. The van der Waals surface area contributed by atoms with Crippen LogP contribution in [0.2, 0.25) is 0 Å². The zero-order chi connectivity index (χ0) is 14.3. The topological polar surface area (TPSA) is 76.1 Å². The minimum atomic E-state index is -1.06. The molecule has 1 unspecified atom stereocenters. The number of aliphatic carboxylic acids is 1. The maximum absolute atomic E-state index is 11.6. The zero-order valence-electron chi connectivity index (χ0n) is 11.7. The van der Waals surface area contributed by atoms with Crippen LogP contribution in [0.3, 0.4) is 0 Å². The van der Waals surface area contributed by atoms with E-state index in [4.69, 9.17) is 14.6 Å². The lowest BCUT2D eigenvalue weighted by molar-refractivity contribution is -0.155. The highest BCUT2D eigenvalue weighted by Gasteiger charge is 2.31. The van der Waals surface area contributed by atoms with Gasteiger partial charge in [-0.1, -0.05) is 13.8 Å². The van der Waals surface area contributed by atoms with E-state index in [0.717, 1.165) is 0 Å². The lowest BCUT2D eigenvalue weighted by Gasteiger charge is -2.32. The number of carboxylic acid groups (broad SMARTS) is 1. The Hall–Kier alpha value is -1.30. The normalized spacial score (nSPS) is 19.6. The third-order valence-electron chi connectivity index (χ3n) is 1.99. The first kappa shape index (κ1) is 16.7. The third-order valence-corrected chi connectivity index (χ3v) is 1.99. The highest BCUT2D eigenvalue weighted by molar-refractivity contribution is 5.75. The largest absolute Gasteiger partial charge is 0.479 e. The van der Waals surface area contributed by atoms with Crippen LogP contribution < -0.4 is 0 Å². The molecule has 1 fully saturated rings. The summed E-state index contributed by atoms with van der Waals surface area (Å²) in [5.74, 6) is -1.06. The molecule has 0 aliphatic carbocycles. The Morgan fingerprint density at radius 3 is 2.33 bits per heavy atom. The maximum atomic E-state index is 11.6. The molecule has 106 valence electrons. The molecule has 1 saturated heterocycles. The van der Waals surface area contributed by atoms with Crippen molar-refractivity contribution in [3.8, 4) is 0 Å². The van der Waals surface area contributed by atoms with E-state index >= 15 is 0 Å². The Kier molecular flexibility index (Phi) is 6.68. The van der Waals surface area contributed by atoms with Crippen molar-refractivity contribution in [1.82, 2.24) is 4.90 Å². The summed E-state index contributed by atoms with van der Waals surface area (Å²) in [5.41, 5.74) is -0.575. The lowest BCUT2D eigenvalue weighted by Crippen LogP contribution is -2.49. The Morgan fingerprint density at radius 2 is 1.89 bits per heavy atom. The number of morpholine rings is 1. The van der Waals surface area contributed by atoms with Crippen LogP contribution in [0.15, 0.2) is 0 Å². The summed E-state index contributed by atoms with van der Waals surface area (Å²) in [6.45, 7) is 9.90. The molecule has 0 bridgehead atoms. The fourth-order valence-corrected chi connectivity index (χ4v) is 1.29. The van der Waals surface area contributed by atoms with E-state index < -0.39 is 23.8 Å². The molecule has 6 heteroatoms. The van der Waals surface area contributed by atoms with Gasteiger partial charge in [0.15, 0.2) is 6.10 Å². The van der Waals surface area contributed by atoms with E-state index in [0.29, 0.717) is 6.54 Å². The van der Waals surface area contributed by atoms with Gasteiger partial charge in [0.25, 0.3) is 0 Å². The average molecular weight is 261 g/mol. The minimum Gasteiger partial charge on any atom is -0.479 e. The van der Waals surface area contributed by atoms with E-state index in [1.54, 1.807) is 20.8 Å². The third kappa shape index (κ3) is 5.86. The van der Waals surface area contributed by atoms with Crippen molar-refractivity contribution in [3.05, 3.63) is 0 Å². The average Bonchev–Trinajstić information content (AvgIpc) is 2.29. The van der Waals surface area contributed by atoms with Crippen molar-refractivity contribution in [2.75, 3.05) is 19.7 Å². The molecular formula is C12H23NO5. The second-order valence-electron chi connectivity index (χ2n) is 4.62. The van der Waals surface area contributed by atoms with Crippen molar-refractivity contribution in [2.24, 2.45) is 0 Å². The van der Waals surface area contributed by atoms with E-state index in [1.165, 1.54) is 4.90 Å². The quantitative estimate of drug-likeness (QED) is 0.778. The van der Waals surface area contributed by atoms with E-state index in [9.17, 15) is 9.59 Å². The number of carbonyl (C=O) groups excluding carboxylic acids is 1. The molecule has 1 rings (SSSR count). The number of rotatable bonds is 1. The lowest BCUT2D eigenvalue weighted by atomic mass is 10.2. The van der Waals surface area contributed by atoms with Gasteiger partial charge in [0.05, 0.1) is 13.2 Å². The standard InChI is InChI=1S/C10H17NO5.C2H6/c1-10(2,3)16-9(14)11-4-5-15-7(6-11)8(12)13;1-2/h7H,4-6H2,1-3H3,(H,12,13);1-2H3. The van der Waals surface area contributed by atoms with E-state index in [2.05, 4.69) is 0 Å². The molecule has 0 aromatic carbocycles. The van der Waals surface area contributed by atoms with Gasteiger partial charge in [0.2, 0.25) is 0 Å². The van der Waals surface area contributed by atoms with Gasteiger partial charge >= 0.3 is 12.1 Å². The van der Waals surface area contributed by atoms with Gasteiger partial charge in [-0.2, -0.15) is 0 Å². The summed E-state index contributed by atoms with van der Waals surface area (Å²) in [4.78, 5) is 23.7. The number of carbonyl (C=O) groups is 2. The van der Waals surface area contributed by atoms with Crippen LogP contribution in [0.25, 0.3) is 0 Å². The van der Waals surface area contributed by atoms with Crippen molar-refractivity contribution in [2.45, 2.75) is 46.3 Å². The minimum absolute atomic E-state index is 0.0320. The smallest absolute Gasteiger partial charge is 0.410 e. The molecule has 0 saturated carbocycles. The molecular weight excluding hydrogens is 238 g/mol. The maximum Gasteiger partial charge on any atom is 0.410 e. The predicted molar refractivity (Wildman–Crippen MR) is 66.5 cm³/mol. The molecule has 1 heterocycles. The molecule has 0 aromatic rings. The van der Waals surface area contributed by atoms with Gasteiger partial charge in [-0.05, 0) is 20.8 Å². The van der Waals surface area contributed by atoms with Crippen molar-refractivity contribution < 1.29 is 24.2 Å². The Labute approximate surface area is 108 Å². The number of nitrogens with zero attached hydrogens (tertiary/aromatic N) is 1. The van der Waals surface area contributed by atoms with Crippen LogP contribution in [0, 0.1) is 0 Å². The predicted octanol–water partition coefficient (Wildman–Crippen LogP) is 1.73. The number of amides is 1. The van der Waals surface area contributed by atoms with Crippen LogP contribution in [0.5, 0.6) is 0 Å². The fourth-order valence-electron chi connectivity index (χ4n) is 1.29. The van der Waals surface area contributed by atoms with Crippen LogP contribution >= 0.6 is 0 Å². The molecule has 1 amide bonds. The molecule has 0 radical (unpaired) electrons. The fraction of sp³-hybridized carbons (Fsp3) is 0.833. The van der Waals surface area contributed by atoms with Gasteiger partial charge in [-0.25, -0.2) is 9.59 Å². The first-order valence-corrected chi connectivity index (χ1v) is 6.12. The Balaban J connectivity index is 0.00000137. The van der Waals surface area contributed by atoms with Crippen LogP contribution in [-0.2, 0) is 14.3 Å². The first-order valence-electron chi connectivity index (χ1n) is 6.12. The van der Waals surface area contributed by atoms with E-state index in [-0.39, 0.29) is 13.2 Å². The number of carboxylic acids is 1. The summed E-state index contributed by atoms with van der Waals surface area (Å²) >= 11 is 0. The number of hydrogen-bond donors (Lipinski definition) is 1. The van der Waals surface area contributed by atoms with Gasteiger partial charge in [-0.3, -0.25) is 0 Å².